The number of quaternary nitrogens is 1. The smallest absolute Gasteiger partial charge is 0.326 e. The topological polar surface area (TPSA) is 60.2 Å². The van der Waals surface area contributed by atoms with Gasteiger partial charge in [0, 0.05) is 6.54 Å². The van der Waals surface area contributed by atoms with Crippen LogP contribution in [0.15, 0.2) is 35.2 Å². The largest absolute Gasteiger partial charge is 0.326 e. The van der Waals surface area contributed by atoms with Gasteiger partial charge in [0.15, 0.2) is 0 Å². The van der Waals surface area contributed by atoms with Gasteiger partial charge < -0.3 is 5.73 Å². The van der Waals surface area contributed by atoms with Crippen LogP contribution < -0.4 is 5.73 Å². The predicted octanol–water partition coefficient (Wildman–Crippen LogP) is 0.410. The predicted molar refractivity (Wildman–Crippen MR) is 59.7 cm³/mol. The van der Waals surface area contributed by atoms with Gasteiger partial charge in [-0.2, -0.15) is 8.42 Å². The number of likely N-dealkylation sites (N-methyl/N-ethyl adjacent to an activating group) is 1. The lowest BCUT2D eigenvalue weighted by molar-refractivity contribution is -0.760. The van der Waals surface area contributed by atoms with Crippen molar-refractivity contribution in [2.45, 2.75) is 4.90 Å². The normalized spacial score (nSPS) is 12.7. The maximum Gasteiger partial charge on any atom is 0.326 e. The number of hydrogen-bond acceptors (Lipinski definition) is 3. The summed E-state index contributed by atoms with van der Waals surface area (Å²) in [4.78, 5) is 0.337. The summed E-state index contributed by atoms with van der Waals surface area (Å²) in [6.07, 6.45) is 0. The van der Waals surface area contributed by atoms with Gasteiger partial charge in [0.1, 0.15) is 11.4 Å². The number of nitrogens with zero attached hydrogens (tertiary/aromatic N) is 1. The number of hydrogen-bond donors (Lipinski definition) is 1. The van der Waals surface area contributed by atoms with Crippen molar-refractivity contribution in [3.63, 3.8) is 0 Å². The van der Waals surface area contributed by atoms with E-state index in [1.54, 1.807) is 44.4 Å². The molecule has 0 aromatic heterocycles. The van der Waals surface area contributed by atoms with E-state index in [-0.39, 0.29) is 3.89 Å². The van der Waals surface area contributed by atoms with Crippen LogP contribution in [0, 0.1) is 0 Å². The van der Waals surface area contributed by atoms with E-state index in [1.807, 2.05) is 0 Å². The van der Waals surface area contributed by atoms with Crippen molar-refractivity contribution in [1.29, 1.82) is 0 Å². The summed E-state index contributed by atoms with van der Waals surface area (Å²) < 4.78 is 24.2. The van der Waals surface area contributed by atoms with Gasteiger partial charge >= 0.3 is 10.0 Å². The van der Waals surface area contributed by atoms with Crippen molar-refractivity contribution in [2.75, 3.05) is 27.2 Å². The molecule has 0 aliphatic heterocycles. The molecule has 2 N–H and O–H groups in total. The molecule has 1 aromatic rings. The van der Waals surface area contributed by atoms with Crippen LogP contribution in [-0.4, -0.2) is 39.5 Å². The summed E-state index contributed by atoms with van der Waals surface area (Å²) in [6, 6.07) is 8.43. The van der Waals surface area contributed by atoms with Crippen LogP contribution in [0.5, 0.6) is 0 Å². The fraction of sp³-hybridized carbons (Fsp3) is 0.400. The van der Waals surface area contributed by atoms with Crippen molar-refractivity contribution in [3.05, 3.63) is 30.3 Å². The highest BCUT2D eigenvalue weighted by Gasteiger charge is 2.33. The van der Waals surface area contributed by atoms with Gasteiger partial charge in [-0.25, -0.2) is 3.89 Å². The number of rotatable bonds is 4. The Morgan fingerprint density at radius 2 is 1.73 bits per heavy atom. The van der Waals surface area contributed by atoms with E-state index in [1.165, 1.54) is 0 Å². The molecule has 0 fully saturated rings. The Morgan fingerprint density at radius 1 is 1.20 bits per heavy atom. The molecule has 15 heavy (non-hydrogen) atoms. The molecule has 4 nitrogen and oxygen atoms in total. The summed E-state index contributed by atoms with van der Waals surface area (Å²) in [5.74, 6) is 0. The van der Waals surface area contributed by atoms with Crippen LogP contribution in [0.1, 0.15) is 0 Å². The minimum atomic E-state index is -3.34. The van der Waals surface area contributed by atoms with Gasteiger partial charge in [-0.1, -0.05) is 18.2 Å². The Labute approximate surface area is 91.0 Å². The second-order valence-corrected chi connectivity index (χ2v) is 6.28. The van der Waals surface area contributed by atoms with Crippen LogP contribution >= 0.6 is 0 Å². The van der Waals surface area contributed by atoms with Gasteiger partial charge in [-0.15, -0.1) is 0 Å². The lowest BCUT2D eigenvalue weighted by Gasteiger charge is -2.27. The number of benzene rings is 1. The molecule has 0 amide bonds. The first-order valence-electron chi connectivity index (χ1n) is 4.75. The maximum absolute atomic E-state index is 12.2. The molecule has 0 bridgehead atoms. The number of sulfonamides is 1. The summed E-state index contributed by atoms with van der Waals surface area (Å²) >= 11 is 0. The summed E-state index contributed by atoms with van der Waals surface area (Å²) in [5, 5.41) is 0. The molecule has 84 valence electrons. The molecular weight excluding hydrogens is 212 g/mol. The summed E-state index contributed by atoms with van der Waals surface area (Å²) in [6.45, 7) is 0.746. The summed E-state index contributed by atoms with van der Waals surface area (Å²) in [7, 11) is -0.0472. The van der Waals surface area contributed by atoms with Crippen LogP contribution in [0.4, 0.5) is 0 Å². The highest BCUT2D eigenvalue weighted by molar-refractivity contribution is 7.86. The fourth-order valence-electron chi connectivity index (χ4n) is 1.31. The van der Waals surface area contributed by atoms with Crippen LogP contribution in [0.3, 0.4) is 0 Å². The van der Waals surface area contributed by atoms with Crippen molar-refractivity contribution in [1.82, 2.24) is 0 Å². The zero-order valence-corrected chi connectivity index (χ0v) is 9.87. The maximum atomic E-state index is 12.2. The van der Waals surface area contributed by atoms with Crippen molar-refractivity contribution < 1.29 is 12.3 Å². The first kappa shape index (κ1) is 12.2. The molecule has 0 saturated heterocycles. The molecule has 0 radical (unpaired) electrons. The van der Waals surface area contributed by atoms with Gasteiger partial charge in [0.25, 0.3) is 0 Å². The molecule has 0 spiro atoms. The molecule has 0 aliphatic rings. The Morgan fingerprint density at radius 3 is 2.20 bits per heavy atom. The Balaban J connectivity index is 3.14. The van der Waals surface area contributed by atoms with Crippen LogP contribution in [-0.2, 0) is 10.0 Å². The second-order valence-electron chi connectivity index (χ2n) is 3.87. The summed E-state index contributed by atoms with van der Waals surface area (Å²) in [5.41, 5.74) is 5.41. The van der Waals surface area contributed by atoms with Gasteiger partial charge in [-0.3, -0.25) is 0 Å². The lowest BCUT2D eigenvalue weighted by atomic mass is 10.4. The average molecular weight is 229 g/mol. The zero-order valence-electron chi connectivity index (χ0n) is 9.05. The molecule has 0 unspecified atom stereocenters. The first-order chi connectivity index (χ1) is 6.92. The van der Waals surface area contributed by atoms with Crippen LogP contribution in [0.2, 0.25) is 0 Å². The minimum absolute atomic E-state index is 0.118. The molecule has 0 heterocycles. The third-order valence-electron chi connectivity index (χ3n) is 2.36. The minimum Gasteiger partial charge on any atom is -0.326 e. The molecule has 1 rings (SSSR count). The zero-order chi connectivity index (χ0) is 11.5. The van der Waals surface area contributed by atoms with Crippen molar-refractivity contribution in [2.24, 2.45) is 5.73 Å². The fourth-order valence-corrected chi connectivity index (χ4v) is 2.73. The van der Waals surface area contributed by atoms with Crippen molar-refractivity contribution in [3.8, 4) is 0 Å². The third kappa shape index (κ3) is 2.37. The molecule has 0 saturated carbocycles. The van der Waals surface area contributed by atoms with Crippen LogP contribution in [0.25, 0.3) is 0 Å². The van der Waals surface area contributed by atoms with E-state index < -0.39 is 10.0 Å². The molecule has 0 atom stereocenters. The van der Waals surface area contributed by atoms with E-state index in [2.05, 4.69) is 0 Å². The quantitative estimate of drug-likeness (QED) is 0.761. The van der Waals surface area contributed by atoms with Gasteiger partial charge in [-0.05, 0) is 12.1 Å². The van der Waals surface area contributed by atoms with E-state index in [4.69, 9.17) is 5.73 Å². The standard InChI is InChI=1S/C10H17N2O2S/c1-12(2,9-8-11)15(13,14)10-6-4-3-5-7-10/h3-7H,8-9,11H2,1-2H3/q+1. The first-order valence-corrected chi connectivity index (χ1v) is 6.19. The second kappa shape index (κ2) is 4.30. The van der Waals surface area contributed by atoms with E-state index in [0.717, 1.165) is 0 Å². The molecule has 1 aromatic carbocycles. The van der Waals surface area contributed by atoms with Crippen molar-refractivity contribution >= 4 is 10.0 Å². The van der Waals surface area contributed by atoms with Gasteiger partial charge in [0.05, 0.1) is 14.1 Å². The molecule has 0 aliphatic carbocycles. The third-order valence-corrected chi connectivity index (χ3v) is 4.71. The Bertz CT molecular complexity index is 412. The van der Waals surface area contributed by atoms with E-state index in [9.17, 15) is 8.42 Å². The molecule has 5 heteroatoms. The van der Waals surface area contributed by atoms with E-state index >= 15 is 0 Å². The lowest BCUT2D eigenvalue weighted by Crippen LogP contribution is -2.48. The average Bonchev–Trinajstić information content (AvgIpc) is 2.19. The van der Waals surface area contributed by atoms with E-state index in [0.29, 0.717) is 18.0 Å². The Hall–Kier alpha value is -0.910. The Kier molecular flexibility index (Phi) is 3.49. The highest BCUT2D eigenvalue weighted by Crippen LogP contribution is 2.18. The number of nitrogens with two attached hydrogens (primary N) is 1. The van der Waals surface area contributed by atoms with Gasteiger partial charge in [0.2, 0.25) is 0 Å². The SMILES string of the molecule is C[N+](C)(CCN)S(=O)(=O)c1ccccc1. The highest BCUT2D eigenvalue weighted by atomic mass is 32.2. The monoisotopic (exact) mass is 229 g/mol. The molecular formula is C10H17N2O2S+.